The summed E-state index contributed by atoms with van der Waals surface area (Å²) in [5.41, 5.74) is 0.948. The molecular weight excluding hydrogens is 242 g/mol. The largest absolute Gasteiger partial charge is 0.280 e. The number of halogens is 1. The van der Waals surface area contributed by atoms with E-state index in [1.54, 1.807) is 6.21 Å². The lowest BCUT2D eigenvalue weighted by molar-refractivity contribution is 0.679. The van der Waals surface area contributed by atoms with Gasteiger partial charge >= 0.3 is 0 Å². The van der Waals surface area contributed by atoms with Crippen LogP contribution in [0.4, 0.5) is 0 Å². The minimum absolute atomic E-state index is 0.555. The number of unbranched alkanes of at least 4 members (excludes halogenated alkanes) is 4. The number of nitrogens with zero attached hydrogens (tertiary/aromatic N) is 1. The second-order valence-electron chi connectivity index (χ2n) is 4.16. The summed E-state index contributed by atoms with van der Waals surface area (Å²) in [7, 11) is 0. The van der Waals surface area contributed by atoms with Crippen LogP contribution in [0.15, 0.2) is 29.3 Å². The Kier molecular flexibility index (Phi) is 8.01. The van der Waals surface area contributed by atoms with Crippen LogP contribution in [-0.2, 0) is 0 Å². The molecule has 96 valence electrons. The van der Waals surface area contributed by atoms with E-state index in [1.807, 2.05) is 24.3 Å². The Hall–Kier alpha value is -1.26. The third-order valence-electron chi connectivity index (χ3n) is 2.59. The lowest BCUT2D eigenvalue weighted by atomic mass is 10.2. The zero-order chi connectivity index (χ0) is 13.1. The Morgan fingerprint density at radius 3 is 2.78 bits per heavy atom. The highest BCUT2D eigenvalue weighted by molar-refractivity contribution is 6.33. The van der Waals surface area contributed by atoms with E-state index in [1.165, 1.54) is 25.7 Å². The normalized spacial score (nSPS) is 10.3. The molecular formula is C16H20ClN. The highest BCUT2D eigenvalue weighted by Gasteiger charge is 1.92. The quantitative estimate of drug-likeness (QED) is 0.399. The van der Waals surface area contributed by atoms with Crippen molar-refractivity contribution in [2.24, 2.45) is 4.99 Å². The molecule has 18 heavy (non-hydrogen) atoms. The zero-order valence-electron chi connectivity index (χ0n) is 11.0. The molecule has 2 heteroatoms. The van der Waals surface area contributed by atoms with Crippen LogP contribution < -0.4 is 0 Å². The summed E-state index contributed by atoms with van der Waals surface area (Å²) >= 11 is 6.01. The molecule has 0 N–H and O–H groups in total. The van der Waals surface area contributed by atoms with Crippen molar-refractivity contribution in [3.8, 4) is 11.8 Å². The van der Waals surface area contributed by atoms with Gasteiger partial charge in [-0.3, -0.25) is 4.99 Å². The number of benzene rings is 1. The SMILES string of the molecule is CCCCCCC#CCN=Cc1ccccc1Cl. The number of aliphatic imine (C=N–C) groups is 1. The third kappa shape index (κ3) is 6.47. The fourth-order valence-corrected chi connectivity index (χ4v) is 1.74. The first-order valence-electron chi connectivity index (χ1n) is 6.54. The molecule has 1 aromatic rings. The molecule has 1 aromatic carbocycles. The lowest BCUT2D eigenvalue weighted by Gasteiger charge is -1.94. The predicted molar refractivity (Wildman–Crippen MR) is 80.4 cm³/mol. The molecule has 0 spiro atoms. The minimum atomic E-state index is 0.555. The van der Waals surface area contributed by atoms with Gasteiger partial charge in [-0.2, -0.15) is 0 Å². The molecule has 0 saturated heterocycles. The highest BCUT2D eigenvalue weighted by atomic mass is 35.5. The van der Waals surface area contributed by atoms with Gasteiger partial charge in [-0.25, -0.2) is 0 Å². The first-order valence-corrected chi connectivity index (χ1v) is 6.92. The van der Waals surface area contributed by atoms with Crippen molar-refractivity contribution >= 4 is 17.8 Å². The van der Waals surface area contributed by atoms with Crippen LogP contribution >= 0.6 is 11.6 Å². The van der Waals surface area contributed by atoms with E-state index in [9.17, 15) is 0 Å². The molecule has 1 nitrogen and oxygen atoms in total. The van der Waals surface area contributed by atoms with Gasteiger partial charge in [0.2, 0.25) is 0 Å². The summed E-state index contributed by atoms with van der Waals surface area (Å²) < 4.78 is 0. The summed E-state index contributed by atoms with van der Waals surface area (Å²) in [5, 5.41) is 0.730. The molecule has 0 heterocycles. The van der Waals surface area contributed by atoms with Crippen molar-refractivity contribution < 1.29 is 0 Å². The Bertz CT molecular complexity index is 426. The maximum absolute atomic E-state index is 6.01. The topological polar surface area (TPSA) is 12.4 Å². The van der Waals surface area contributed by atoms with Crippen molar-refractivity contribution in [1.29, 1.82) is 0 Å². The van der Waals surface area contributed by atoms with Crippen LogP contribution in [0.2, 0.25) is 5.02 Å². The van der Waals surface area contributed by atoms with Crippen molar-refractivity contribution in [1.82, 2.24) is 0 Å². The summed E-state index contributed by atoms with van der Waals surface area (Å²) in [6.07, 6.45) is 7.85. The summed E-state index contributed by atoms with van der Waals surface area (Å²) in [4.78, 5) is 4.25. The highest BCUT2D eigenvalue weighted by Crippen LogP contribution is 2.12. The van der Waals surface area contributed by atoms with Crippen LogP contribution in [0.25, 0.3) is 0 Å². The second kappa shape index (κ2) is 9.74. The Labute approximate surface area is 115 Å². The van der Waals surface area contributed by atoms with Gasteiger partial charge in [0.1, 0.15) is 0 Å². The van der Waals surface area contributed by atoms with E-state index in [2.05, 4.69) is 23.8 Å². The van der Waals surface area contributed by atoms with Crippen molar-refractivity contribution in [2.75, 3.05) is 6.54 Å². The molecule has 0 aromatic heterocycles. The van der Waals surface area contributed by atoms with Gasteiger partial charge in [0, 0.05) is 23.2 Å². The molecule has 0 amide bonds. The maximum Gasteiger partial charge on any atom is 0.0997 e. The molecule has 0 saturated carbocycles. The second-order valence-corrected chi connectivity index (χ2v) is 4.56. The van der Waals surface area contributed by atoms with Gasteiger partial charge in [0.05, 0.1) is 6.54 Å². The van der Waals surface area contributed by atoms with Crippen molar-refractivity contribution in [2.45, 2.75) is 39.0 Å². The molecule has 1 rings (SSSR count). The van der Waals surface area contributed by atoms with Crippen molar-refractivity contribution in [3.05, 3.63) is 34.9 Å². The van der Waals surface area contributed by atoms with E-state index in [-0.39, 0.29) is 0 Å². The van der Waals surface area contributed by atoms with Crippen LogP contribution in [0.1, 0.15) is 44.6 Å². The van der Waals surface area contributed by atoms with Crippen LogP contribution in [-0.4, -0.2) is 12.8 Å². The van der Waals surface area contributed by atoms with Gasteiger partial charge in [0.15, 0.2) is 0 Å². The van der Waals surface area contributed by atoms with Crippen LogP contribution in [0.5, 0.6) is 0 Å². The molecule has 0 radical (unpaired) electrons. The molecule has 0 bridgehead atoms. The van der Waals surface area contributed by atoms with Crippen molar-refractivity contribution in [3.63, 3.8) is 0 Å². The van der Waals surface area contributed by atoms with E-state index in [0.717, 1.165) is 17.0 Å². The van der Waals surface area contributed by atoms with E-state index in [4.69, 9.17) is 11.6 Å². The fourth-order valence-electron chi connectivity index (χ4n) is 1.55. The fraction of sp³-hybridized carbons (Fsp3) is 0.438. The molecule has 0 unspecified atom stereocenters. The number of hydrogen-bond donors (Lipinski definition) is 0. The number of hydrogen-bond acceptors (Lipinski definition) is 1. The monoisotopic (exact) mass is 261 g/mol. The summed E-state index contributed by atoms with van der Waals surface area (Å²) in [5.74, 6) is 6.21. The first-order chi connectivity index (χ1) is 8.84. The molecule has 0 atom stereocenters. The zero-order valence-corrected chi connectivity index (χ0v) is 11.7. The molecule has 0 aliphatic heterocycles. The lowest BCUT2D eigenvalue weighted by Crippen LogP contribution is -1.83. The van der Waals surface area contributed by atoms with E-state index >= 15 is 0 Å². The summed E-state index contributed by atoms with van der Waals surface area (Å²) in [6.45, 7) is 2.77. The third-order valence-corrected chi connectivity index (χ3v) is 2.93. The molecule has 0 fully saturated rings. The average Bonchev–Trinajstić information content (AvgIpc) is 2.39. The van der Waals surface area contributed by atoms with Gasteiger partial charge in [-0.1, -0.05) is 61.9 Å². The van der Waals surface area contributed by atoms with Gasteiger partial charge in [0.25, 0.3) is 0 Å². The molecule has 0 aliphatic carbocycles. The smallest absolute Gasteiger partial charge is 0.0997 e. The Morgan fingerprint density at radius 2 is 2.00 bits per heavy atom. The molecule has 0 aliphatic rings. The standard InChI is InChI=1S/C16H20ClN/c1-2-3-4-5-6-7-10-13-18-14-15-11-8-9-12-16(15)17/h8-9,11-12,14H,2-6,13H2,1H3. The Morgan fingerprint density at radius 1 is 1.17 bits per heavy atom. The van der Waals surface area contributed by atoms with Gasteiger partial charge in [-0.15, -0.1) is 5.92 Å². The summed E-state index contributed by atoms with van der Waals surface area (Å²) in [6, 6.07) is 7.68. The first kappa shape index (κ1) is 14.8. The van der Waals surface area contributed by atoms with E-state index in [0.29, 0.717) is 6.54 Å². The van der Waals surface area contributed by atoms with Crippen LogP contribution in [0, 0.1) is 11.8 Å². The number of rotatable bonds is 6. The minimum Gasteiger partial charge on any atom is -0.280 e. The van der Waals surface area contributed by atoms with E-state index < -0.39 is 0 Å². The Balaban J connectivity index is 2.21. The average molecular weight is 262 g/mol. The van der Waals surface area contributed by atoms with Gasteiger partial charge in [-0.05, 0) is 12.5 Å². The predicted octanol–water partition coefficient (Wildman–Crippen LogP) is 4.73. The van der Waals surface area contributed by atoms with Gasteiger partial charge < -0.3 is 0 Å². The maximum atomic E-state index is 6.01. The van der Waals surface area contributed by atoms with Crippen LogP contribution in [0.3, 0.4) is 0 Å².